The molecule has 0 atom stereocenters. The number of rotatable bonds is 3. The first-order valence-electron chi connectivity index (χ1n) is 6.01. The molecule has 6 nitrogen and oxygen atoms in total. The second-order valence-electron chi connectivity index (χ2n) is 4.00. The summed E-state index contributed by atoms with van der Waals surface area (Å²) in [7, 11) is 2.99. The number of fused-ring (bicyclic) bond motifs is 1. The molecule has 0 unspecified atom stereocenters. The van der Waals surface area contributed by atoms with Gasteiger partial charge in [0.15, 0.2) is 11.5 Å². The fourth-order valence-corrected chi connectivity index (χ4v) is 1.83. The van der Waals surface area contributed by atoms with Gasteiger partial charge in [-0.3, -0.25) is 4.79 Å². The van der Waals surface area contributed by atoms with Gasteiger partial charge in [-0.15, -0.1) is 0 Å². The number of hydrogen-bond donors (Lipinski definition) is 1. The Bertz CT molecular complexity index is 585. The average Bonchev–Trinajstić information content (AvgIpc) is 2.50. The molecule has 1 aliphatic heterocycles. The van der Waals surface area contributed by atoms with Gasteiger partial charge in [0, 0.05) is 7.05 Å². The average molecular weight is 274 g/mol. The topological polar surface area (TPSA) is 80.6 Å². The predicted octanol–water partition coefficient (Wildman–Crippen LogP) is 1.12. The van der Waals surface area contributed by atoms with E-state index in [0.717, 1.165) is 0 Å². The van der Waals surface area contributed by atoms with Gasteiger partial charge in [0.05, 0.1) is 7.11 Å². The van der Waals surface area contributed by atoms with Crippen LogP contribution in [-0.4, -0.2) is 33.3 Å². The highest BCUT2D eigenvalue weighted by Gasteiger charge is 2.18. The van der Waals surface area contributed by atoms with E-state index in [1.54, 1.807) is 12.1 Å². The molecule has 1 heterocycles. The molecule has 6 heteroatoms. The summed E-state index contributed by atoms with van der Waals surface area (Å²) in [4.78, 5) is 11.5. The minimum absolute atomic E-state index is 0.00577. The Labute approximate surface area is 116 Å². The number of amides is 1. The Morgan fingerprint density at radius 3 is 2.85 bits per heavy atom. The number of nitrogens with one attached hydrogen (secondary N) is 1. The molecule has 1 aromatic carbocycles. The largest absolute Gasteiger partial charge is 0.493 e. The molecule has 1 aliphatic rings. The first-order chi connectivity index (χ1) is 9.69. The Hall–Kier alpha value is -2.68. The highest BCUT2D eigenvalue weighted by Crippen LogP contribution is 2.40. The molecule has 0 saturated carbocycles. The summed E-state index contributed by atoms with van der Waals surface area (Å²) in [5, 5.41) is 11.4. The minimum atomic E-state index is -0.443. The van der Waals surface area contributed by atoms with E-state index < -0.39 is 5.91 Å². The van der Waals surface area contributed by atoms with Crippen molar-refractivity contribution in [1.29, 1.82) is 5.26 Å². The van der Waals surface area contributed by atoms with E-state index in [4.69, 9.17) is 19.5 Å². The number of nitriles is 1. The number of nitrogens with zero attached hydrogens (tertiary/aromatic N) is 1. The lowest BCUT2D eigenvalue weighted by Gasteiger charge is -2.21. The van der Waals surface area contributed by atoms with Crippen LogP contribution in [-0.2, 0) is 4.79 Å². The number of methoxy groups -OCH3 is 1. The smallest absolute Gasteiger partial charge is 0.261 e. The van der Waals surface area contributed by atoms with Crippen molar-refractivity contribution < 1.29 is 19.0 Å². The van der Waals surface area contributed by atoms with Crippen LogP contribution in [0.4, 0.5) is 0 Å². The molecule has 1 N–H and O–H groups in total. The molecule has 0 saturated heterocycles. The SMILES string of the molecule is CNC(=O)/C(C#N)=C/c1cc(OC)c2c(c1)OCCO2. The van der Waals surface area contributed by atoms with Crippen LogP contribution >= 0.6 is 0 Å². The molecule has 0 spiro atoms. The van der Waals surface area contributed by atoms with Crippen molar-refractivity contribution in [1.82, 2.24) is 5.32 Å². The van der Waals surface area contributed by atoms with Crippen molar-refractivity contribution in [2.75, 3.05) is 27.4 Å². The molecule has 1 aromatic rings. The summed E-state index contributed by atoms with van der Waals surface area (Å²) in [6.45, 7) is 0.907. The Kier molecular flexibility index (Phi) is 4.11. The molecule has 0 bridgehead atoms. The number of carbonyl (C=O) groups is 1. The van der Waals surface area contributed by atoms with Gasteiger partial charge in [-0.2, -0.15) is 5.26 Å². The van der Waals surface area contributed by atoms with Crippen LogP contribution in [0.5, 0.6) is 17.2 Å². The summed E-state index contributed by atoms with van der Waals surface area (Å²) in [6.07, 6.45) is 1.47. The molecule has 20 heavy (non-hydrogen) atoms. The molecular weight excluding hydrogens is 260 g/mol. The lowest BCUT2D eigenvalue weighted by molar-refractivity contribution is -0.116. The highest BCUT2D eigenvalue weighted by atomic mass is 16.6. The summed E-state index contributed by atoms with van der Waals surface area (Å²) < 4.78 is 16.2. The van der Waals surface area contributed by atoms with Crippen LogP contribution in [0, 0.1) is 11.3 Å². The van der Waals surface area contributed by atoms with Crippen molar-refractivity contribution in [2.45, 2.75) is 0 Å². The number of benzene rings is 1. The van der Waals surface area contributed by atoms with E-state index in [1.807, 2.05) is 6.07 Å². The van der Waals surface area contributed by atoms with Gasteiger partial charge in [-0.05, 0) is 23.8 Å². The maximum Gasteiger partial charge on any atom is 0.261 e. The predicted molar refractivity (Wildman–Crippen MR) is 71.6 cm³/mol. The summed E-state index contributed by atoms with van der Waals surface area (Å²) >= 11 is 0. The molecule has 2 rings (SSSR count). The Balaban J connectivity index is 2.45. The zero-order valence-electron chi connectivity index (χ0n) is 11.2. The molecule has 0 radical (unpaired) electrons. The van der Waals surface area contributed by atoms with Gasteiger partial charge in [0.25, 0.3) is 5.91 Å². The molecule has 104 valence electrons. The summed E-state index contributed by atoms with van der Waals surface area (Å²) in [5.41, 5.74) is 0.637. The van der Waals surface area contributed by atoms with Gasteiger partial charge in [0.2, 0.25) is 5.75 Å². The maximum absolute atomic E-state index is 11.5. The van der Waals surface area contributed by atoms with Crippen LogP contribution in [0.1, 0.15) is 5.56 Å². The van der Waals surface area contributed by atoms with Crippen LogP contribution < -0.4 is 19.5 Å². The lowest BCUT2D eigenvalue weighted by Crippen LogP contribution is -2.19. The van der Waals surface area contributed by atoms with Crippen LogP contribution in [0.3, 0.4) is 0 Å². The third kappa shape index (κ3) is 2.67. The maximum atomic E-state index is 11.5. The van der Waals surface area contributed by atoms with E-state index >= 15 is 0 Å². The first-order valence-corrected chi connectivity index (χ1v) is 6.01. The van der Waals surface area contributed by atoms with Gasteiger partial charge >= 0.3 is 0 Å². The zero-order chi connectivity index (χ0) is 14.5. The molecule has 1 amide bonds. The van der Waals surface area contributed by atoms with E-state index in [1.165, 1.54) is 20.2 Å². The summed E-state index contributed by atoms with van der Waals surface area (Å²) in [5.74, 6) is 1.13. The van der Waals surface area contributed by atoms with Gasteiger partial charge in [0.1, 0.15) is 24.9 Å². The van der Waals surface area contributed by atoms with Crippen molar-refractivity contribution in [3.8, 4) is 23.3 Å². The zero-order valence-corrected chi connectivity index (χ0v) is 11.2. The van der Waals surface area contributed by atoms with E-state index in [0.29, 0.717) is 36.0 Å². The molecule has 0 aliphatic carbocycles. The van der Waals surface area contributed by atoms with Gasteiger partial charge in [-0.1, -0.05) is 0 Å². The highest BCUT2D eigenvalue weighted by molar-refractivity contribution is 6.01. The number of likely N-dealkylation sites (N-methyl/N-ethyl adjacent to an activating group) is 1. The van der Waals surface area contributed by atoms with Crippen molar-refractivity contribution >= 4 is 12.0 Å². The van der Waals surface area contributed by atoms with E-state index in [2.05, 4.69) is 5.32 Å². The molecular formula is C14H14N2O4. The number of ether oxygens (including phenoxy) is 3. The fraction of sp³-hybridized carbons (Fsp3) is 0.286. The molecule has 0 aromatic heterocycles. The van der Waals surface area contributed by atoms with Crippen molar-refractivity contribution in [3.63, 3.8) is 0 Å². The van der Waals surface area contributed by atoms with Crippen LogP contribution in [0.15, 0.2) is 17.7 Å². The number of carbonyl (C=O) groups excluding carboxylic acids is 1. The second kappa shape index (κ2) is 5.97. The van der Waals surface area contributed by atoms with Crippen LogP contribution in [0.2, 0.25) is 0 Å². The normalized spacial score (nSPS) is 13.3. The quantitative estimate of drug-likeness (QED) is 0.660. The Morgan fingerprint density at radius 1 is 1.45 bits per heavy atom. The third-order valence-electron chi connectivity index (χ3n) is 2.75. The van der Waals surface area contributed by atoms with Crippen molar-refractivity contribution in [2.24, 2.45) is 0 Å². The van der Waals surface area contributed by atoms with Crippen molar-refractivity contribution in [3.05, 3.63) is 23.3 Å². The third-order valence-corrected chi connectivity index (χ3v) is 2.75. The van der Waals surface area contributed by atoms with E-state index in [-0.39, 0.29) is 5.57 Å². The standard InChI is InChI=1S/C14H14N2O4/c1-16-14(17)10(8-15)5-9-6-11(18-2)13-12(7-9)19-3-4-20-13/h5-7H,3-4H2,1-2H3,(H,16,17)/b10-5+. The van der Waals surface area contributed by atoms with Gasteiger partial charge in [-0.25, -0.2) is 0 Å². The summed E-state index contributed by atoms with van der Waals surface area (Å²) in [6, 6.07) is 5.25. The van der Waals surface area contributed by atoms with Crippen LogP contribution in [0.25, 0.3) is 6.08 Å². The Morgan fingerprint density at radius 2 is 2.20 bits per heavy atom. The fourth-order valence-electron chi connectivity index (χ4n) is 1.83. The second-order valence-corrected chi connectivity index (χ2v) is 4.00. The monoisotopic (exact) mass is 274 g/mol. The van der Waals surface area contributed by atoms with Gasteiger partial charge < -0.3 is 19.5 Å². The number of hydrogen-bond acceptors (Lipinski definition) is 5. The first kappa shape index (κ1) is 13.7. The lowest BCUT2D eigenvalue weighted by atomic mass is 10.1. The van der Waals surface area contributed by atoms with E-state index in [9.17, 15) is 4.79 Å². The minimum Gasteiger partial charge on any atom is -0.493 e. The molecule has 0 fully saturated rings.